The number of carbonyl (C=O) groups excluding carboxylic acids is 1. The van der Waals surface area contributed by atoms with Crippen LogP contribution in [0.1, 0.15) is 60.4 Å². The van der Waals surface area contributed by atoms with Crippen molar-refractivity contribution in [2.45, 2.75) is 66.2 Å². The number of hydrogen-bond donors (Lipinski definition) is 1. The molecule has 0 aromatic carbocycles. The van der Waals surface area contributed by atoms with E-state index in [4.69, 9.17) is 0 Å². The summed E-state index contributed by atoms with van der Waals surface area (Å²) < 4.78 is 1.74. The topological polar surface area (TPSA) is 72.7 Å². The summed E-state index contributed by atoms with van der Waals surface area (Å²) >= 11 is 0. The van der Waals surface area contributed by atoms with E-state index in [-0.39, 0.29) is 5.91 Å². The lowest BCUT2D eigenvalue weighted by Crippen LogP contribution is -2.27. The van der Waals surface area contributed by atoms with E-state index < -0.39 is 0 Å². The molecular formula is C21H29N5O. The summed E-state index contributed by atoms with van der Waals surface area (Å²) in [5.74, 6) is 0.600. The smallest absolute Gasteiger partial charge is 0.251 e. The second kappa shape index (κ2) is 8.46. The molecular weight excluding hydrogens is 338 g/mol. The predicted molar refractivity (Wildman–Crippen MR) is 106 cm³/mol. The molecule has 6 heteroatoms. The Balaban J connectivity index is 1.65. The zero-order chi connectivity index (χ0) is 19.4. The highest BCUT2D eigenvalue weighted by Crippen LogP contribution is 2.20. The number of hydrogen-bond acceptors (Lipinski definition) is 4. The number of aromatic nitrogens is 4. The van der Waals surface area contributed by atoms with E-state index in [1.165, 1.54) is 31.3 Å². The van der Waals surface area contributed by atoms with Crippen LogP contribution in [0.15, 0.2) is 17.7 Å². The van der Waals surface area contributed by atoms with Crippen molar-refractivity contribution in [3.05, 3.63) is 46.1 Å². The highest BCUT2D eigenvalue weighted by atomic mass is 16.1. The molecule has 0 fully saturated rings. The van der Waals surface area contributed by atoms with Crippen molar-refractivity contribution in [1.29, 1.82) is 0 Å². The average Bonchev–Trinajstić information content (AvgIpc) is 2.90. The zero-order valence-corrected chi connectivity index (χ0v) is 16.8. The lowest BCUT2D eigenvalue weighted by atomic mass is 9.97. The molecule has 2 aromatic heterocycles. The van der Waals surface area contributed by atoms with Crippen LogP contribution < -0.4 is 5.32 Å². The molecule has 0 spiro atoms. The van der Waals surface area contributed by atoms with Gasteiger partial charge in [0.1, 0.15) is 0 Å². The van der Waals surface area contributed by atoms with Gasteiger partial charge in [0.15, 0.2) is 0 Å². The first-order valence-corrected chi connectivity index (χ1v) is 9.76. The maximum atomic E-state index is 12.4. The van der Waals surface area contributed by atoms with Gasteiger partial charge in [-0.25, -0.2) is 14.6 Å². The SMILES string of the molecule is Cc1cc(C)nc(-n2nc(C)c(CC(=O)NCCC3=CCCCC3)c2C)n1. The Kier molecular flexibility index (Phi) is 6.04. The fraction of sp³-hybridized carbons (Fsp3) is 0.524. The second-order valence-electron chi connectivity index (χ2n) is 7.40. The Morgan fingerprint density at radius 1 is 1.15 bits per heavy atom. The van der Waals surface area contributed by atoms with Crippen LogP contribution in [0.4, 0.5) is 0 Å². The number of aryl methyl sites for hydroxylation is 3. The third-order valence-electron chi connectivity index (χ3n) is 5.09. The summed E-state index contributed by atoms with van der Waals surface area (Å²) in [6, 6.07) is 1.94. The van der Waals surface area contributed by atoms with E-state index in [1.807, 2.05) is 33.8 Å². The molecule has 1 aliphatic rings. The van der Waals surface area contributed by atoms with Crippen LogP contribution in [0.5, 0.6) is 0 Å². The minimum absolute atomic E-state index is 0.0403. The predicted octanol–water partition coefficient (Wildman–Crippen LogP) is 3.45. The molecule has 0 aliphatic heterocycles. The first-order valence-electron chi connectivity index (χ1n) is 9.76. The fourth-order valence-electron chi connectivity index (χ4n) is 3.64. The van der Waals surface area contributed by atoms with Crippen LogP contribution in [0.2, 0.25) is 0 Å². The van der Waals surface area contributed by atoms with Crippen LogP contribution >= 0.6 is 0 Å². The maximum Gasteiger partial charge on any atom is 0.251 e. The normalized spacial score (nSPS) is 14.1. The van der Waals surface area contributed by atoms with Crippen molar-refractivity contribution >= 4 is 5.91 Å². The van der Waals surface area contributed by atoms with E-state index >= 15 is 0 Å². The first-order chi connectivity index (χ1) is 12.9. The third kappa shape index (κ3) is 4.81. The van der Waals surface area contributed by atoms with Gasteiger partial charge in [0, 0.05) is 29.2 Å². The summed E-state index contributed by atoms with van der Waals surface area (Å²) in [4.78, 5) is 21.4. The maximum absolute atomic E-state index is 12.4. The Labute approximate surface area is 161 Å². The van der Waals surface area contributed by atoms with Crippen LogP contribution in [0, 0.1) is 27.7 Å². The molecule has 0 saturated heterocycles. The van der Waals surface area contributed by atoms with E-state index in [0.29, 0.717) is 18.9 Å². The highest BCUT2D eigenvalue weighted by Gasteiger charge is 2.17. The molecule has 1 N–H and O–H groups in total. The summed E-state index contributed by atoms with van der Waals surface area (Å²) in [7, 11) is 0. The molecule has 0 atom stereocenters. The number of nitrogens with one attached hydrogen (secondary N) is 1. The van der Waals surface area contributed by atoms with Crippen LogP contribution in [-0.4, -0.2) is 32.2 Å². The van der Waals surface area contributed by atoms with Crippen molar-refractivity contribution < 1.29 is 4.79 Å². The standard InChI is InChI=1S/C21H29N5O/c1-14-12-15(2)24-21(23-14)26-17(4)19(16(3)25-26)13-20(27)22-11-10-18-8-6-5-7-9-18/h8,12H,5-7,9-11,13H2,1-4H3,(H,22,27). The van der Waals surface area contributed by atoms with Gasteiger partial charge in [-0.3, -0.25) is 4.79 Å². The van der Waals surface area contributed by atoms with Crippen LogP contribution in [0.25, 0.3) is 5.95 Å². The average molecular weight is 367 g/mol. The van der Waals surface area contributed by atoms with Crippen molar-refractivity contribution in [2.75, 3.05) is 6.54 Å². The van der Waals surface area contributed by atoms with Gasteiger partial charge in [0.25, 0.3) is 5.95 Å². The van der Waals surface area contributed by atoms with Gasteiger partial charge in [-0.2, -0.15) is 5.10 Å². The summed E-state index contributed by atoms with van der Waals surface area (Å²) in [6.45, 7) is 8.50. The van der Waals surface area contributed by atoms with E-state index in [2.05, 4.69) is 26.5 Å². The third-order valence-corrected chi connectivity index (χ3v) is 5.09. The Hall–Kier alpha value is -2.50. The van der Waals surface area contributed by atoms with Crippen molar-refractivity contribution in [1.82, 2.24) is 25.1 Å². The van der Waals surface area contributed by atoms with Gasteiger partial charge >= 0.3 is 0 Å². The Bertz CT molecular complexity index is 845. The van der Waals surface area contributed by atoms with E-state index in [9.17, 15) is 4.79 Å². The van der Waals surface area contributed by atoms with Gasteiger partial charge in [0.05, 0.1) is 12.1 Å². The van der Waals surface area contributed by atoms with Gasteiger partial charge < -0.3 is 5.32 Å². The van der Waals surface area contributed by atoms with Crippen LogP contribution in [0.3, 0.4) is 0 Å². The summed E-state index contributed by atoms with van der Waals surface area (Å²) in [5.41, 5.74) is 6.01. The molecule has 3 rings (SSSR count). The molecule has 144 valence electrons. The minimum Gasteiger partial charge on any atom is -0.355 e. The molecule has 0 bridgehead atoms. The Morgan fingerprint density at radius 2 is 1.89 bits per heavy atom. The monoisotopic (exact) mass is 367 g/mol. The number of carbonyl (C=O) groups is 1. The lowest BCUT2D eigenvalue weighted by Gasteiger charge is -2.13. The molecule has 27 heavy (non-hydrogen) atoms. The van der Waals surface area contributed by atoms with Gasteiger partial charge in [-0.1, -0.05) is 11.6 Å². The van der Waals surface area contributed by atoms with Gasteiger partial charge in [-0.05, 0) is 65.9 Å². The second-order valence-corrected chi connectivity index (χ2v) is 7.40. The minimum atomic E-state index is 0.0403. The first kappa shape index (κ1) is 19.3. The molecule has 0 radical (unpaired) electrons. The zero-order valence-electron chi connectivity index (χ0n) is 16.8. The van der Waals surface area contributed by atoms with Crippen LogP contribution in [-0.2, 0) is 11.2 Å². The molecule has 1 aliphatic carbocycles. The molecule has 0 saturated carbocycles. The number of allylic oxidation sites excluding steroid dienone is 1. The molecule has 6 nitrogen and oxygen atoms in total. The highest BCUT2D eigenvalue weighted by molar-refractivity contribution is 5.79. The lowest BCUT2D eigenvalue weighted by molar-refractivity contribution is -0.120. The number of nitrogens with zero attached hydrogens (tertiary/aromatic N) is 4. The van der Waals surface area contributed by atoms with Gasteiger partial charge in [-0.15, -0.1) is 0 Å². The molecule has 2 heterocycles. The number of rotatable bonds is 6. The largest absolute Gasteiger partial charge is 0.355 e. The van der Waals surface area contributed by atoms with E-state index in [1.54, 1.807) is 4.68 Å². The van der Waals surface area contributed by atoms with E-state index in [0.717, 1.165) is 34.8 Å². The fourth-order valence-corrected chi connectivity index (χ4v) is 3.64. The summed E-state index contributed by atoms with van der Waals surface area (Å²) in [5, 5.41) is 7.62. The Morgan fingerprint density at radius 3 is 2.56 bits per heavy atom. The van der Waals surface area contributed by atoms with Gasteiger partial charge in [0.2, 0.25) is 5.91 Å². The summed E-state index contributed by atoms with van der Waals surface area (Å²) in [6.07, 6.45) is 8.55. The van der Waals surface area contributed by atoms with Crippen molar-refractivity contribution in [2.24, 2.45) is 0 Å². The quantitative estimate of drug-likeness (QED) is 0.794. The molecule has 2 aromatic rings. The number of amides is 1. The molecule has 1 amide bonds. The molecule has 0 unspecified atom stereocenters. The van der Waals surface area contributed by atoms with Crippen molar-refractivity contribution in [3.8, 4) is 5.95 Å². The van der Waals surface area contributed by atoms with Crippen molar-refractivity contribution in [3.63, 3.8) is 0 Å².